The van der Waals surface area contributed by atoms with Gasteiger partial charge in [0.2, 0.25) is 11.8 Å². The van der Waals surface area contributed by atoms with Gasteiger partial charge in [-0.3, -0.25) is 24.0 Å². The van der Waals surface area contributed by atoms with Crippen LogP contribution in [0.4, 0.5) is 24.5 Å². The maximum absolute atomic E-state index is 14.7. The molecule has 3 atom stereocenters. The topological polar surface area (TPSA) is 168 Å². The Morgan fingerprint density at radius 1 is 0.923 bits per heavy atom. The van der Waals surface area contributed by atoms with Gasteiger partial charge in [-0.05, 0) is 89.2 Å². The van der Waals surface area contributed by atoms with E-state index in [0.717, 1.165) is 53.1 Å². The number of rotatable bonds is 24. The Hall–Kier alpha value is -4.47. The predicted molar refractivity (Wildman–Crippen MR) is 250 cm³/mol. The number of benzene rings is 3. The largest absolute Gasteiger partial charge is 0.391 e. The zero-order chi connectivity index (χ0) is 47.1. The smallest absolute Gasteiger partial charge is 0.277 e. The molecule has 0 unspecified atom stereocenters. The molecular formula is C47H57F3IN5O8S. The number of aromatic nitrogens is 1. The van der Waals surface area contributed by atoms with E-state index in [9.17, 15) is 37.5 Å². The summed E-state index contributed by atoms with van der Waals surface area (Å²) in [6.45, 7) is 9.35. The molecule has 5 rings (SSSR count). The molecule has 1 fully saturated rings. The monoisotopic (exact) mass is 1040 g/mol. The number of thiazole rings is 1. The maximum atomic E-state index is 14.7. The molecule has 65 heavy (non-hydrogen) atoms. The molecule has 1 aliphatic rings. The highest BCUT2D eigenvalue weighted by Gasteiger charge is 2.44. The number of amides is 3. The minimum absolute atomic E-state index is 0.0161. The van der Waals surface area contributed by atoms with Crippen molar-refractivity contribution in [3.8, 4) is 10.4 Å². The molecule has 0 spiro atoms. The van der Waals surface area contributed by atoms with Gasteiger partial charge in [0.05, 0.1) is 65.6 Å². The van der Waals surface area contributed by atoms with Crippen molar-refractivity contribution in [2.45, 2.75) is 91.3 Å². The first-order valence-electron chi connectivity index (χ1n) is 21.6. The van der Waals surface area contributed by atoms with Gasteiger partial charge in [-0.1, -0.05) is 57.9 Å². The number of halogens is 4. The van der Waals surface area contributed by atoms with E-state index in [-0.39, 0.29) is 81.0 Å². The highest BCUT2D eigenvalue weighted by Crippen LogP contribution is 2.34. The lowest BCUT2D eigenvalue weighted by Crippen LogP contribution is -2.50. The number of nitrogens with zero attached hydrogens (tertiary/aromatic N) is 2. The van der Waals surface area contributed by atoms with Crippen LogP contribution < -0.4 is 16.1 Å². The van der Waals surface area contributed by atoms with Crippen LogP contribution in [0.1, 0.15) is 87.3 Å². The molecule has 2 heterocycles. The number of carbonyl (C=O) groups excluding carboxylic acids is 4. The average Bonchev–Trinajstić information content (AvgIpc) is 3.89. The second kappa shape index (κ2) is 24.9. The third-order valence-corrected chi connectivity index (χ3v) is 12.6. The van der Waals surface area contributed by atoms with E-state index in [4.69, 9.17) is 14.3 Å². The molecule has 352 valence electrons. The first kappa shape index (κ1) is 51.5. The van der Waals surface area contributed by atoms with Gasteiger partial charge in [0.25, 0.3) is 5.91 Å². The molecule has 1 aliphatic heterocycles. The summed E-state index contributed by atoms with van der Waals surface area (Å²) >= 11 is 3.48. The molecule has 0 saturated carbocycles. The van der Waals surface area contributed by atoms with Gasteiger partial charge in [-0.2, -0.15) is 0 Å². The van der Waals surface area contributed by atoms with Crippen LogP contribution in [0.25, 0.3) is 10.4 Å². The molecule has 0 radical (unpaired) electrons. The van der Waals surface area contributed by atoms with E-state index in [1.54, 1.807) is 22.9 Å². The summed E-state index contributed by atoms with van der Waals surface area (Å²) < 4.78 is 54.9. The highest BCUT2D eigenvalue weighted by atomic mass is 127. The zero-order valence-electron chi connectivity index (χ0n) is 37.0. The van der Waals surface area contributed by atoms with E-state index in [2.05, 4.69) is 21.1 Å². The molecule has 0 aliphatic carbocycles. The lowest BCUT2D eigenvalue weighted by molar-refractivity contribution is -0.146. The lowest BCUT2D eigenvalue weighted by Gasteiger charge is -2.34. The first-order valence-corrected chi connectivity index (χ1v) is 23.5. The van der Waals surface area contributed by atoms with Crippen molar-refractivity contribution in [2.75, 3.05) is 44.9 Å². The molecule has 3 aromatic carbocycles. The van der Waals surface area contributed by atoms with Gasteiger partial charge in [-0.25, -0.2) is 23.6 Å². The van der Waals surface area contributed by atoms with Gasteiger partial charge in [-0.15, -0.1) is 11.3 Å². The molecular weight excluding hydrogens is 979 g/mol. The molecule has 13 nitrogen and oxygen atoms in total. The summed E-state index contributed by atoms with van der Waals surface area (Å²) in [5.74, 6) is -5.57. The number of β-amino-alcohol motifs (C(OH)–C–C–N with tert-alkyl or cyclic N) is 1. The average molecular weight is 1040 g/mol. The Balaban J connectivity index is 0.929. The number of hydrogen-bond acceptors (Lipinski definition) is 11. The summed E-state index contributed by atoms with van der Waals surface area (Å²) in [5, 5.41) is 15.9. The van der Waals surface area contributed by atoms with Crippen LogP contribution >= 0.6 is 33.9 Å². The number of aliphatic hydroxyl groups is 1. The Morgan fingerprint density at radius 3 is 2.31 bits per heavy atom. The predicted octanol–water partition coefficient (Wildman–Crippen LogP) is 8.43. The van der Waals surface area contributed by atoms with Gasteiger partial charge in [0, 0.05) is 48.4 Å². The normalized spacial score (nSPS) is 15.5. The Morgan fingerprint density at radius 2 is 1.63 bits per heavy atom. The number of anilines is 2. The number of hydroxylamine groups is 1. The second-order valence-electron chi connectivity index (χ2n) is 16.9. The summed E-state index contributed by atoms with van der Waals surface area (Å²) in [7, 11) is 0. The SMILES string of the molecule is Cc1ncsc1-c1ccc(CNC(=O)[C@@H]2C[C@@H](O)CN2C(=O)[C@@H](CC(=O)CCOCCOCCCCCCONC(=O)c2ccc(F)c(F)c2Nc2ccc(I)cc2F)C(C)(C)C)cc1. The highest BCUT2D eigenvalue weighted by molar-refractivity contribution is 14.1. The summed E-state index contributed by atoms with van der Waals surface area (Å²) in [6.07, 6.45) is 2.33. The molecule has 3 amide bonds. The fourth-order valence-electron chi connectivity index (χ4n) is 7.26. The van der Waals surface area contributed by atoms with Gasteiger partial charge < -0.3 is 30.1 Å². The van der Waals surface area contributed by atoms with Crippen molar-refractivity contribution in [1.29, 1.82) is 0 Å². The summed E-state index contributed by atoms with van der Waals surface area (Å²) in [5.41, 5.74) is 5.45. The van der Waals surface area contributed by atoms with Crippen LogP contribution in [0.15, 0.2) is 60.1 Å². The van der Waals surface area contributed by atoms with Gasteiger partial charge in [0.15, 0.2) is 11.6 Å². The van der Waals surface area contributed by atoms with Crippen molar-refractivity contribution in [3.63, 3.8) is 0 Å². The molecule has 1 saturated heterocycles. The molecule has 4 aromatic rings. The van der Waals surface area contributed by atoms with E-state index < -0.39 is 52.5 Å². The number of aryl methyl sites for hydroxylation is 1. The molecule has 18 heteroatoms. The number of nitrogens with one attached hydrogen (secondary N) is 3. The molecule has 0 bridgehead atoms. The quantitative estimate of drug-likeness (QED) is 0.0304. The van der Waals surface area contributed by atoms with Crippen LogP contribution in [-0.4, -0.2) is 90.2 Å². The number of carbonyl (C=O) groups is 4. The number of ketones is 1. The van der Waals surface area contributed by atoms with E-state index in [1.165, 1.54) is 17.0 Å². The third kappa shape index (κ3) is 15.3. The maximum Gasteiger partial charge on any atom is 0.277 e. The standard InChI is InChI=1S/C47H57F3IN5O8S/c1-29-43(65-28-53-29)31-11-9-30(10-12-31)26-52-45(60)40-25-34(58)27-56(40)46(61)36(47(2,3)4)24-33(57)17-20-63-22-21-62-18-7-5-6-8-19-64-55-44(59)35-14-15-37(48)41(50)42(35)54-39-16-13-32(51)23-38(39)49/h9-16,23,28,34,36,40,54,58H,5-8,17-22,24-27H2,1-4H3,(H,52,60)(H,55,59)/t34-,36-,40+/m1/s1. The summed E-state index contributed by atoms with van der Waals surface area (Å²) in [6, 6.07) is 13.0. The summed E-state index contributed by atoms with van der Waals surface area (Å²) in [4.78, 5) is 65.3. The second-order valence-corrected chi connectivity index (χ2v) is 19.0. The Kier molecular flexibility index (Phi) is 19.7. The number of ether oxygens (including phenoxy) is 2. The minimum Gasteiger partial charge on any atom is -0.391 e. The Labute approximate surface area is 395 Å². The van der Waals surface area contributed by atoms with Gasteiger partial charge >= 0.3 is 0 Å². The van der Waals surface area contributed by atoms with Crippen LogP contribution in [0.3, 0.4) is 0 Å². The van der Waals surface area contributed by atoms with Crippen LogP contribution in [-0.2, 0) is 35.2 Å². The van der Waals surface area contributed by atoms with E-state index in [1.807, 2.05) is 74.6 Å². The van der Waals surface area contributed by atoms with E-state index >= 15 is 0 Å². The van der Waals surface area contributed by atoms with E-state index in [0.29, 0.717) is 23.2 Å². The molecule has 4 N–H and O–H groups in total. The Bertz CT molecular complexity index is 2240. The first-order chi connectivity index (χ1) is 31.0. The van der Waals surface area contributed by atoms with Crippen molar-refractivity contribution in [2.24, 2.45) is 11.3 Å². The number of likely N-dealkylation sites (tertiary alicyclic amines) is 1. The molecule has 1 aromatic heterocycles. The van der Waals surface area contributed by atoms with Crippen molar-refractivity contribution >= 4 is 68.8 Å². The van der Waals surface area contributed by atoms with Crippen molar-refractivity contribution in [3.05, 3.63) is 98.0 Å². The fraction of sp³-hybridized carbons (Fsp3) is 0.468. The number of unbranched alkanes of at least 4 members (excludes halogenated alkanes) is 3. The van der Waals surface area contributed by atoms with Crippen LogP contribution in [0, 0.1) is 39.3 Å². The van der Waals surface area contributed by atoms with Crippen LogP contribution in [0.2, 0.25) is 0 Å². The number of Topliss-reactive ketones (excluding diaryl/α,β-unsaturated/α-hetero) is 1. The van der Waals surface area contributed by atoms with Gasteiger partial charge in [0.1, 0.15) is 17.6 Å². The zero-order valence-corrected chi connectivity index (χ0v) is 40.0. The minimum atomic E-state index is -1.33. The van der Waals surface area contributed by atoms with Crippen LogP contribution in [0.5, 0.6) is 0 Å². The number of hydrogen-bond donors (Lipinski definition) is 4. The lowest BCUT2D eigenvalue weighted by atomic mass is 9.76. The fourth-order valence-corrected chi connectivity index (χ4v) is 8.52. The number of aliphatic hydroxyl groups excluding tert-OH is 1. The van der Waals surface area contributed by atoms with Crippen molar-refractivity contribution < 1.29 is 51.8 Å². The van der Waals surface area contributed by atoms with Crippen molar-refractivity contribution in [1.82, 2.24) is 20.7 Å². The third-order valence-electron chi connectivity index (χ3n) is 10.9.